The molecule has 0 saturated carbocycles. The van der Waals surface area contributed by atoms with E-state index in [1.165, 1.54) is 41.7 Å². The Balaban J connectivity index is 0.000000244. The van der Waals surface area contributed by atoms with Crippen molar-refractivity contribution in [2.45, 2.75) is 97.2 Å². The van der Waals surface area contributed by atoms with Gasteiger partial charge >= 0.3 is 52.6 Å². The molecule has 0 aromatic carbocycles. The zero-order valence-electron chi connectivity index (χ0n) is 49.0. The lowest BCUT2D eigenvalue weighted by atomic mass is 10.1. The number of rotatable bonds is 21. The third kappa shape index (κ3) is 21.9. The maximum absolute atomic E-state index is 14.9. The van der Waals surface area contributed by atoms with Crippen LogP contribution in [0.2, 0.25) is 0 Å². The predicted octanol–water partition coefficient (Wildman–Crippen LogP) is -6.14. The number of hydrogen-bond donors (Lipinski definition) is 26. The number of alkyl halides is 4. The first-order valence-electron chi connectivity index (χ1n) is 25.9. The SMILES string of the molecule is C=C1N=C(NO)C=CN1[C@@H]1O[C@](F)(CO)[C@@H](O)[C@H]1O.C=C1N=C(NO)C=CN1[C@@H]1O[C@](F)(COP(=O)(O)O)[C@@H](O)[C@H]1O.C=C1N=C(NO)C=CN1[C@@H]1O[C@](F)(COP(=O)(O)OP(=O)(O)O)[C@@H](O)[C@H]1O.O=c1nc(NO)ccn1[C@@H]1O[C@](F)(COP(=O)(O)OP(=O)(O)OP(=O)(O)O)[C@@H](O)[C@H]1O. The van der Waals surface area contributed by atoms with E-state index >= 15 is 0 Å². The molecule has 1 aromatic heterocycles. The molecule has 568 valence electrons. The Bertz CT molecular complexity index is 3720. The zero-order valence-corrected chi connectivity index (χ0v) is 54.4. The highest BCUT2D eigenvalue weighted by molar-refractivity contribution is 7.66. The number of aromatic nitrogens is 2. The molecule has 0 spiro atoms. The monoisotopic (exact) mass is 1580 g/mol. The Hall–Kier alpha value is -5.25. The molecule has 26 N–H and O–H groups in total. The molecule has 100 heavy (non-hydrogen) atoms. The fourth-order valence-electron chi connectivity index (χ4n) is 8.31. The van der Waals surface area contributed by atoms with Crippen molar-refractivity contribution in [1.29, 1.82) is 0 Å². The summed E-state index contributed by atoms with van der Waals surface area (Å²) in [6.45, 7) is 4.89. The standard InChI is InChI=1S/C10H16FN3O11P2.C10H15FN3O8P.C10H14FN3O5.C9H15FN3O15P3/c1-5-12-6(13-17)2-3-14(5)9-7(15)8(16)10(11,24-9)4-23-27(21,22)25-26(18,19)20;1-5-12-6(13-17)2-3-14(5)9-7(15)8(16)10(11,22-9)4-21-23(18,19)20;1-5-12-6(13-18)2-3-14(5)9-7(16)8(17)10(11,4-15)19-9;10-9(3-25-30(21,22)28-31(23,24)27-29(18,19)20)6(15)5(14)7(26-9)13-2-1-4(12-17)11-8(13)16/h2-3,7-9,15-17H,1,4H2,(H,12,13)(H,21,22)(H2,18,19,20);2-3,7-9,15-17H,1,4H2,(H,12,13)(H2,18,19,20);2-3,7-9,15-18H,1,4H2,(H,12,13);1-2,5-7,14-15,17H,3H2,(H,21,22)(H,23,24)(H,11,12,16)(H2,18,19,20)/t3*7-,8+,9-,10-;5-,6+,7-,9-/m1111/s1. The Morgan fingerprint density at radius 1 is 0.470 bits per heavy atom. The summed E-state index contributed by atoms with van der Waals surface area (Å²) in [5, 5.41) is 122. The van der Waals surface area contributed by atoms with Gasteiger partial charge < -0.3 is 124 Å². The molecule has 61 heteroatoms. The second-order valence-corrected chi connectivity index (χ2v) is 28.4. The molecule has 4 fully saturated rings. The summed E-state index contributed by atoms with van der Waals surface area (Å²) >= 11 is 0. The van der Waals surface area contributed by atoms with Crippen LogP contribution in [0.3, 0.4) is 0 Å². The van der Waals surface area contributed by atoms with Gasteiger partial charge in [-0.05, 0) is 24.3 Å². The number of hydrogen-bond acceptors (Lipinski definition) is 41. The lowest BCUT2D eigenvalue weighted by Crippen LogP contribution is -2.43. The van der Waals surface area contributed by atoms with Gasteiger partial charge in [0, 0.05) is 24.8 Å². The summed E-state index contributed by atoms with van der Waals surface area (Å²) < 4.78 is 166. The van der Waals surface area contributed by atoms with Crippen molar-refractivity contribution in [1.82, 2.24) is 40.7 Å². The number of phosphoric ester groups is 3. The predicted molar refractivity (Wildman–Crippen MR) is 303 cm³/mol. The van der Waals surface area contributed by atoms with Crippen LogP contribution in [0, 0.1) is 0 Å². The Morgan fingerprint density at radius 3 is 1.08 bits per heavy atom. The van der Waals surface area contributed by atoms with Crippen molar-refractivity contribution < 1.29 is 201 Å². The molecular formula is C39H60F4N12O39P6. The van der Waals surface area contributed by atoms with Crippen LogP contribution >= 0.6 is 46.9 Å². The van der Waals surface area contributed by atoms with E-state index in [2.05, 4.69) is 66.2 Å². The van der Waals surface area contributed by atoms with Gasteiger partial charge in [0.25, 0.3) is 23.4 Å². The molecule has 8 heterocycles. The van der Waals surface area contributed by atoms with Crippen molar-refractivity contribution in [2.75, 3.05) is 31.9 Å². The molecule has 0 amide bonds. The Morgan fingerprint density at radius 2 is 0.780 bits per heavy atom. The first-order chi connectivity index (χ1) is 45.8. The maximum atomic E-state index is 14.9. The van der Waals surface area contributed by atoms with E-state index in [1.807, 2.05) is 0 Å². The zero-order chi connectivity index (χ0) is 76.1. The number of anilines is 1. The van der Waals surface area contributed by atoms with Gasteiger partial charge in [-0.3, -0.25) is 60.9 Å². The van der Waals surface area contributed by atoms with E-state index < -0.39 is 176 Å². The number of nitrogens with one attached hydrogen (secondary N) is 4. The molecule has 51 nitrogen and oxygen atoms in total. The van der Waals surface area contributed by atoms with Crippen LogP contribution in [0.15, 0.2) is 106 Å². The van der Waals surface area contributed by atoms with E-state index in [4.69, 9.17) is 84.0 Å². The van der Waals surface area contributed by atoms with Crippen molar-refractivity contribution >= 4 is 70.3 Å². The number of ether oxygens (including phenoxy) is 4. The van der Waals surface area contributed by atoms with E-state index in [-0.39, 0.29) is 40.8 Å². The first-order valence-corrected chi connectivity index (χ1v) is 35.0. The largest absolute Gasteiger partial charge is 0.490 e. The summed E-state index contributed by atoms with van der Waals surface area (Å²) in [7, 11) is -33.1. The average Bonchev–Trinajstić information content (AvgIpc) is 1.64. The number of aliphatic hydroxyl groups excluding tert-OH is 9. The number of hydroxylamine groups is 3. The van der Waals surface area contributed by atoms with Crippen LogP contribution in [0.25, 0.3) is 0 Å². The molecule has 7 aliphatic rings. The first kappa shape index (κ1) is 85.4. The lowest BCUT2D eigenvalue weighted by molar-refractivity contribution is -0.209. The molecule has 7 aliphatic heterocycles. The van der Waals surface area contributed by atoms with E-state index in [0.29, 0.717) is 4.57 Å². The summed E-state index contributed by atoms with van der Waals surface area (Å²) in [5.74, 6) is -12.9. The van der Waals surface area contributed by atoms with Crippen LogP contribution in [0.1, 0.15) is 6.23 Å². The summed E-state index contributed by atoms with van der Waals surface area (Å²) in [5.41, 5.74) is 5.65. The minimum atomic E-state index is -5.88. The average molecular weight is 1580 g/mol. The highest BCUT2D eigenvalue weighted by Crippen LogP contribution is 2.67. The van der Waals surface area contributed by atoms with Crippen molar-refractivity contribution in [2.24, 2.45) is 15.0 Å². The number of halogens is 4. The third-order valence-corrected chi connectivity index (χ3v) is 19.2. The number of nitrogens with zero attached hydrogens (tertiary/aromatic N) is 8. The number of amidine groups is 3. The molecule has 8 rings (SSSR count). The van der Waals surface area contributed by atoms with Crippen molar-refractivity contribution in [3.8, 4) is 0 Å². The van der Waals surface area contributed by atoms with Gasteiger partial charge in [0.1, 0.15) is 92.7 Å². The molecule has 0 aliphatic carbocycles. The summed E-state index contributed by atoms with van der Waals surface area (Å²) in [6, 6.07) is 0.994. The minimum Gasteiger partial charge on any atom is -0.390 e. The molecular weight excluding hydrogens is 1520 g/mol. The molecule has 0 bridgehead atoms. The molecule has 1 aromatic rings. The smallest absolute Gasteiger partial charge is 0.390 e. The number of aliphatic hydroxyl groups is 9. The highest BCUT2D eigenvalue weighted by atomic mass is 31.3. The summed E-state index contributed by atoms with van der Waals surface area (Å²) in [4.78, 5) is 108. The van der Waals surface area contributed by atoms with E-state index in [0.717, 1.165) is 22.1 Å². The van der Waals surface area contributed by atoms with Crippen LogP contribution in [-0.4, -0.2) is 270 Å². The van der Waals surface area contributed by atoms with Crippen LogP contribution in [0.4, 0.5) is 23.4 Å². The Kier molecular flexibility index (Phi) is 28.0. The summed E-state index contributed by atoms with van der Waals surface area (Å²) in [6.07, 6.45) is -14.2. The quantitative estimate of drug-likeness (QED) is 0.0309. The van der Waals surface area contributed by atoms with Crippen LogP contribution in [-0.2, 0) is 72.8 Å². The van der Waals surface area contributed by atoms with Gasteiger partial charge in [-0.25, -0.2) is 64.7 Å². The van der Waals surface area contributed by atoms with Gasteiger partial charge in [0.2, 0.25) is 0 Å². The highest BCUT2D eigenvalue weighted by Gasteiger charge is 2.62. The fourth-order valence-corrected chi connectivity index (χ4v) is 13.3. The minimum absolute atomic E-state index is 0.0237. The van der Waals surface area contributed by atoms with Gasteiger partial charge in [0.15, 0.2) is 48.2 Å². The topological polar surface area (TPSA) is 770 Å². The Labute approximate surface area is 551 Å². The van der Waals surface area contributed by atoms with Gasteiger partial charge in [0.05, 0.1) is 0 Å². The lowest BCUT2D eigenvalue weighted by Gasteiger charge is -2.30. The van der Waals surface area contributed by atoms with Crippen LogP contribution in [0.5, 0.6) is 0 Å². The molecule has 19 atom stereocenters. The van der Waals surface area contributed by atoms with E-state index in [1.54, 1.807) is 21.9 Å². The molecule has 3 unspecified atom stereocenters. The second-order valence-electron chi connectivity index (χ2n) is 19.9. The number of phosphoric acid groups is 6. The second kappa shape index (κ2) is 32.8. The van der Waals surface area contributed by atoms with Crippen LogP contribution < -0.4 is 27.6 Å². The van der Waals surface area contributed by atoms with Crippen molar-refractivity contribution in [3.63, 3.8) is 0 Å². The number of aliphatic imine (C=N–C) groups is 3. The molecule has 0 radical (unpaired) electrons. The van der Waals surface area contributed by atoms with Gasteiger partial charge in [-0.1, -0.05) is 19.7 Å². The van der Waals surface area contributed by atoms with Gasteiger partial charge in [-0.15, -0.1) is 0 Å². The fraction of sp³-hybridized carbons (Fsp3) is 0.513. The maximum Gasteiger partial charge on any atom is 0.490 e. The van der Waals surface area contributed by atoms with Gasteiger partial charge in [-0.2, -0.15) is 17.9 Å². The normalized spacial score (nSPS) is 33.9. The molecule has 4 saturated heterocycles. The van der Waals surface area contributed by atoms with Crippen molar-refractivity contribution in [3.05, 3.63) is 96.8 Å². The van der Waals surface area contributed by atoms with E-state index in [9.17, 15) is 95.5 Å². The third-order valence-electron chi connectivity index (χ3n) is 12.8.